The number of anilines is 2. The zero-order valence-corrected chi connectivity index (χ0v) is 12.7. The molecule has 0 spiro atoms. The second-order valence-corrected chi connectivity index (χ2v) is 5.28. The van der Waals surface area contributed by atoms with Crippen LogP contribution in [0.4, 0.5) is 11.6 Å². The Kier molecular flexibility index (Phi) is 6.86. The van der Waals surface area contributed by atoms with Gasteiger partial charge < -0.3 is 10.2 Å². The molecule has 0 saturated carbocycles. The zero-order valence-electron chi connectivity index (χ0n) is 11.9. The third kappa shape index (κ3) is 4.72. The van der Waals surface area contributed by atoms with Gasteiger partial charge in [-0.3, -0.25) is 0 Å². The van der Waals surface area contributed by atoms with E-state index in [2.05, 4.69) is 40.4 Å². The number of nitrogens with zero attached hydrogens (tertiary/aromatic N) is 3. The molecule has 0 aliphatic carbocycles. The first-order valence-corrected chi connectivity index (χ1v) is 7.86. The minimum Gasteiger partial charge on any atom is -0.373 e. The molecule has 0 radical (unpaired) electrons. The first kappa shape index (κ1) is 15.1. The minimum absolute atomic E-state index is 0.903. The van der Waals surface area contributed by atoms with Crippen LogP contribution in [0.15, 0.2) is 6.07 Å². The molecule has 18 heavy (non-hydrogen) atoms. The molecule has 4 nitrogen and oxygen atoms in total. The van der Waals surface area contributed by atoms with Gasteiger partial charge in [0.25, 0.3) is 0 Å². The molecular formula is C13H24N4S. The van der Waals surface area contributed by atoms with Crippen LogP contribution in [-0.4, -0.2) is 42.6 Å². The predicted molar refractivity (Wildman–Crippen MR) is 81.8 cm³/mol. The highest BCUT2D eigenvalue weighted by Gasteiger charge is 2.07. The Hall–Kier alpha value is -0.970. The highest BCUT2D eigenvalue weighted by atomic mass is 32.2. The summed E-state index contributed by atoms with van der Waals surface area (Å²) in [5.74, 6) is 4.03. The van der Waals surface area contributed by atoms with E-state index in [-0.39, 0.29) is 0 Å². The molecule has 0 atom stereocenters. The van der Waals surface area contributed by atoms with E-state index in [0.717, 1.165) is 36.8 Å². The smallest absolute Gasteiger partial charge is 0.134 e. The molecule has 0 fully saturated rings. The van der Waals surface area contributed by atoms with E-state index in [4.69, 9.17) is 0 Å². The van der Waals surface area contributed by atoms with E-state index in [1.165, 1.54) is 12.2 Å². The fourth-order valence-corrected chi connectivity index (χ4v) is 2.12. The van der Waals surface area contributed by atoms with Gasteiger partial charge in [-0.25, -0.2) is 9.97 Å². The molecular weight excluding hydrogens is 244 g/mol. The molecule has 5 heteroatoms. The van der Waals surface area contributed by atoms with E-state index in [9.17, 15) is 0 Å². The number of hydrogen-bond acceptors (Lipinski definition) is 5. The summed E-state index contributed by atoms with van der Waals surface area (Å²) in [4.78, 5) is 11.3. The maximum absolute atomic E-state index is 4.62. The van der Waals surface area contributed by atoms with Crippen LogP contribution in [0.3, 0.4) is 0 Å². The van der Waals surface area contributed by atoms with Crippen molar-refractivity contribution in [1.82, 2.24) is 9.97 Å². The molecule has 1 rings (SSSR count). The van der Waals surface area contributed by atoms with Crippen LogP contribution >= 0.6 is 11.8 Å². The molecule has 0 aromatic carbocycles. The van der Waals surface area contributed by atoms with Crippen molar-refractivity contribution < 1.29 is 0 Å². The van der Waals surface area contributed by atoms with E-state index in [1.54, 1.807) is 0 Å². The van der Waals surface area contributed by atoms with Crippen LogP contribution < -0.4 is 10.2 Å². The summed E-state index contributed by atoms with van der Waals surface area (Å²) < 4.78 is 0. The molecule has 1 aromatic heterocycles. The van der Waals surface area contributed by atoms with Gasteiger partial charge in [0.2, 0.25) is 0 Å². The Morgan fingerprint density at radius 3 is 2.78 bits per heavy atom. The number of thioether (sulfide) groups is 1. The lowest BCUT2D eigenvalue weighted by Crippen LogP contribution is -2.21. The number of aromatic nitrogens is 2. The monoisotopic (exact) mass is 268 g/mol. The van der Waals surface area contributed by atoms with Crippen LogP contribution in [-0.2, 0) is 6.42 Å². The van der Waals surface area contributed by atoms with E-state index >= 15 is 0 Å². The summed E-state index contributed by atoms with van der Waals surface area (Å²) >= 11 is 1.89. The van der Waals surface area contributed by atoms with Gasteiger partial charge in [-0.15, -0.1) is 0 Å². The number of nitrogens with one attached hydrogen (secondary N) is 1. The minimum atomic E-state index is 0.903. The van der Waals surface area contributed by atoms with Gasteiger partial charge in [0, 0.05) is 33.1 Å². The van der Waals surface area contributed by atoms with Crippen LogP contribution in [0, 0.1) is 0 Å². The molecule has 1 aromatic rings. The van der Waals surface area contributed by atoms with Crippen molar-refractivity contribution in [2.24, 2.45) is 0 Å². The molecule has 0 amide bonds. The summed E-state index contributed by atoms with van der Waals surface area (Å²) in [6, 6.07) is 2.01. The molecule has 0 saturated heterocycles. The van der Waals surface area contributed by atoms with Gasteiger partial charge in [0.1, 0.15) is 17.5 Å². The van der Waals surface area contributed by atoms with Crippen LogP contribution in [0.2, 0.25) is 0 Å². The second-order valence-electron chi connectivity index (χ2n) is 4.30. The lowest BCUT2D eigenvalue weighted by molar-refractivity contribution is 0.801. The van der Waals surface area contributed by atoms with Crippen molar-refractivity contribution in [3.05, 3.63) is 11.9 Å². The molecule has 0 aliphatic heterocycles. The maximum atomic E-state index is 4.62. The third-order valence-electron chi connectivity index (χ3n) is 2.72. The van der Waals surface area contributed by atoms with Crippen molar-refractivity contribution in [2.75, 3.05) is 42.9 Å². The highest BCUT2D eigenvalue weighted by molar-refractivity contribution is 7.98. The summed E-state index contributed by atoms with van der Waals surface area (Å²) in [6.45, 7) is 3.18. The summed E-state index contributed by atoms with van der Waals surface area (Å²) in [7, 11) is 3.99. The summed E-state index contributed by atoms with van der Waals surface area (Å²) in [5.41, 5.74) is 0. The summed E-state index contributed by atoms with van der Waals surface area (Å²) in [6.07, 6.45) is 5.33. The first-order valence-electron chi connectivity index (χ1n) is 6.47. The topological polar surface area (TPSA) is 41.1 Å². The van der Waals surface area contributed by atoms with Gasteiger partial charge in [0.05, 0.1) is 0 Å². The maximum Gasteiger partial charge on any atom is 0.134 e. The molecule has 0 unspecified atom stereocenters. The quantitative estimate of drug-likeness (QED) is 0.734. The van der Waals surface area contributed by atoms with E-state index < -0.39 is 0 Å². The molecule has 0 bridgehead atoms. The number of hydrogen-bond donors (Lipinski definition) is 1. The Morgan fingerprint density at radius 1 is 1.39 bits per heavy atom. The van der Waals surface area contributed by atoms with E-state index in [1.807, 2.05) is 24.9 Å². The average Bonchev–Trinajstić information content (AvgIpc) is 2.39. The Balaban J connectivity index is 2.75. The van der Waals surface area contributed by atoms with Crippen molar-refractivity contribution in [3.63, 3.8) is 0 Å². The molecule has 0 aliphatic rings. The van der Waals surface area contributed by atoms with Crippen LogP contribution in [0.5, 0.6) is 0 Å². The lowest BCUT2D eigenvalue weighted by Gasteiger charge is -2.19. The van der Waals surface area contributed by atoms with Crippen molar-refractivity contribution in [1.29, 1.82) is 0 Å². The Morgan fingerprint density at radius 2 is 2.17 bits per heavy atom. The second kappa shape index (κ2) is 8.19. The van der Waals surface area contributed by atoms with Crippen LogP contribution in [0.1, 0.15) is 25.6 Å². The molecule has 102 valence electrons. The number of rotatable bonds is 8. The Labute approximate surface area is 115 Å². The number of aryl methyl sites for hydroxylation is 1. The third-order valence-corrected chi connectivity index (χ3v) is 3.42. The van der Waals surface area contributed by atoms with Crippen LogP contribution in [0.25, 0.3) is 0 Å². The average molecular weight is 268 g/mol. The van der Waals surface area contributed by atoms with Gasteiger partial charge in [-0.1, -0.05) is 6.92 Å². The van der Waals surface area contributed by atoms with Crippen molar-refractivity contribution in [2.45, 2.75) is 26.2 Å². The normalized spacial score (nSPS) is 10.4. The summed E-state index contributed by atoms with van der Waals surface area (Å²) in [5, 5.41) is 3.11. The standard InChI is InChI=1S/C13H24N4S/c1-5-7-11-15-12(14-2)10-13(16-11)17(3)8-6-9-18-4/h10H,5-9H2,1-4H3,(H,14,15,16). The fourth-order valence-electron chi connectivity index (χ4n) is 1.70. The fraction of sp³-hybridized carbons (Fsp3) is 0.692. The van der Waals surface area contributed by atoms with Gasteiger partial charge in [-0.05, 0) is 24.9 Å². The predicted octanol–water partition coefficient (Wildman–Crippen LogP) is 2.66. The van der Waals surface area contributed by atoms with Crippen molar-refractivity contribution in [3.8, 4) is 0 Å². The highest BCUT2D eigenvalue weighted by Crippen LogP contribution is 2.16. The Bertz CT molecular complexity index is 357. The van der Waals surface area contributed by atoms with Gasteiger partial charge in [0.15, 0.2) is 0 Å². The van der Waals surface area contributed by atoms with E-state index in [0.29, 0.717) is 0 Å². The first-order chi connectivity index (χ1) is 8.71. The SMILES string of the molecule is CCCc1nc(NC)cc(N(C)CCCSC)n1. The lowest BCUT2D eigenvalue weighted by atomic mass is 10.3. The van der Waals surface area contributed by atoms with Gasteiger partial charge >= 0.3 is 0 Å². The molecule has 1 heterocycles. The largest absolute Gasteiger partial charge is 0.373 e. The zero-order chi connectivity index (χ0) is 13.4. The van der Waals surface area contributed by atoms with Crippen molar-refractivity contribution >= 4 is 23.4 Å². The van der Waals surface area contributed by atoms with Gasteiger partial charge in [-0.2, -0.15) is 11.8 Å². The molecule has 1 N–H and O–H groups in total.